The Hall–Kier alpha value is -1.63. The number of hydrogen-bond acceptors (Lipinski definition) is 4. The van der Waals surface area contributed by atoms with Crippen molar-refractivity contribution in [3.63, 3.8) is 0 Å². The second-order valence-electron chi connectivity index (χ2n) is 5.21. The second kappa shape index (κ2) is 7.40. The van der Waals surface area contributed by atoms with Gasteiger partial charge in [0, 0.05) is 5.56 Å². The third kappa shape index (κ3) is 6.12. The zero-order valence-corrected chi connectivity index (χ0v) is 13.6. The number of hydrogen-bond donors (Lipinski definition) is 1. The Morgan fingerprint density at radius 1 is 1.43 bits per heavy atom. The molecule has 0 aliphatic heterocycles. The van der Waals surface area contributed by atoms with Crippen LogP contribution in [-0.4, -0.2) is 31.1 Å². The van der Waals surface area contributed by atoms with Gasteiger partial charge in [0.2, 0.25) is 0 Å². The number of rotatable bonds is 5. The van der Waals surface area contributed by atoms with Gasteiger partial charge in [-0.15, -0.1) is 0 Å². The van der Waals surface area contributed by atoms with Crippen LogP contribution in [0.5, 0.6) is 5.75 Å². The maximum atomic E-state index is 13.7. The lowest BCUT2D eigenvalue weighted by Crippen LogP contribution is -2.34. The molecule has 0 atom stereocenters. The van der Waals surface area contributed by atoms with Crippen molar-refractivity contribution in [2.24, 2.45) is 0 Å². The molecule has 116 valence electrons. The van der Waals surface area contributed by atoms with Crippen molar-refractivity contribution >= 4 is 28.3 Å². The number of alkyl carbamates (subject to hydrolysis) is 1. The van der Waals surface area contributed by atoms with Crippen molar-refractivity contribution in [2.45, 2.75) is 26.4 Å². The van der Waals surface area contributed by atoms with Gasteiger partial charge in [0.25, 0.3) is 0 Å². The zero-order chi connectivity index (χ0) is 16.0. The summed E-state index contributed by atoms with van der Waals surface area (Å²) >= 11 is 3.12. The number of nitrogens with one attached hydrogen (secondary N) is 1. The first-order chi connectivity index (χ1) is 9.73. The van der Waals surface area contributed by atoms with Gasteiger partial charge in [-0.2, -0.15) is 0 Å². The number of ether oxygens (including phenoxy) is 2. The minimum Gasteiger partial charge on any atom is -0.487 e. The molecular weight excluding hydrogens is 345 g/mol. The summed E-state index contributed by atoms with van der Waals surface area (Å²) in [6.45, 7) is 5.49. The largest absolute Gasteiger partial charge is 0.487 e. The summed E-state index contributed by atoms with van der Waals surface area (Å²) in [4.78, 5) is 22.0. The van der Waals surface area contributed by atoms with E-state index in [4.69, 9.17) is 9.47 Å². The van der Waals surface area contributed by atoms with Gasteiger partial charge in [-0.3, -0.25) is 4.79 Å². The van der Waals surface area contributed by atoms with Gasteiger partial charge in [-0.25, -0.2) is 9.18 Å². The molecule has 1 aromatic carbocycles. The van der Waals surface area contributed by atoms with Crippen LogP contribution in [0.15, 0.2) is 16.6 Å². The number of carbonyl (C=O) groups excluding carboxylic acids is 2. The molecule has 0 unspecified atom stereocenters. The van der Waals surface area contributed by atoms with Crippen LogP contribution in [0.4, 0.5) is 9.18 Å². The van der Waals surface area contributed by atoms with Crippen molar-refractivity contribution in [3.05, 3.63) is 28.0 Å². The molecule has 0 bridgehead atoms. The van der Waals surface area contributed by atoms with Crippen molar-refractivity contribution in [3.8, 4) is 5.75 Å². The summed E-state index contributed by atoms with van der Waals surface area (Å²) in [7, 11) is 0. The van der Waals surface area contributed by atoms with Gasteiger partial charge < -0.3 is 14.8 Å². The summed E-state index contributed by atoms with van der Waals surface area (Å²) in [6.07, 6.45) is -0.0243. The predicted octanol–water partition coefficient (Wildman–Crippen LogP) is 3.30. The molecule has 0 radical (unpaired) electrons. The van der Waals surface area contributed by atoms with E-state index in [2.05, 4.69) is 21.2 Å². The smallest absolute Gasteiger partial charge is 0.407 e. The summed E-state index contributed by atoms with van der Waals surface area (Å²) in [6, 6.07) is 2.53. The highest BCUT2D eigenvalue weighted by Gasteiger charge is 2.16. The first kappa shape index (κ1) is 17.4. The number of halogens is 2. The Morgan fingerprint density at radius 2 is 2.10 bits per heavy atom. The van der Waals surface area contributed by atoms with Crippen molar-refractivity contribution in [1.29, 1.82) is 0 Å². The molecule has 5 nitrogen and oxygen atoms in total. The standard InChI is InChI=1S/C14H17BrFNO4/c1-14(2,3)21-13(19)17-4-5-20-12-10(15)6-9(8-18)7-11(12)16/h6-8H,4-5H2,1-3H3,(H,17,19). The summed E-state index contributed by atoms with van der Waals surface area (Å²) < 4.78 is 24.3. The van der Waals surface area contributed by atoms with Gasteiger partial charge in [0.15, 0.2) is 11.6 Å². The lowest BCUT2D eigenvalue weighted by Gasteiger charge is -2.19. The van der Waals surface area contributed by atoms with E-state index in [0.717, 1.165) is 6.07 Å². The molecule has 0 aliphatic rings. The monoisotopic (exact) mass is 361 g/mol. The molecule has 0 saturated carbocycles. The minimum absolute atomic E-state index is 0.00779. The van der Waals surface area contributed by atoms with Gasteiger partial charge >= 0.3 is 6.09 Å². The van der Waals surface area contributed by atoms with Crippen LogP contribution in [0.25, 0.3) is 0 Å². The SMILES string of the molecule is CC(C)(C)OC(=O)NCCOc1c(F)cc(C=O)cc1Br. The Labute approximate surface area is 130 Å². The fraction of sp³-hybridized carbons (Fsp3) is 0.429. The van der Waals surface area contributed by atoms with Crippen LogP contribution in [0.1, 0.15) is 31.1 Å². The molecule has 0 heterocycles. The topological polar surface area (TPSA) is 64.6 Å². The van der Waals surface area contributed by atoms with E-state index in [0.29, 0.717) is 10.8 Å². The molecule has 1 aromatic rings. The van der Waals surface area contributed by atoms with Crippen LogP contribution < -0.4 is 10.1 Å². The number of benzene rings is 1. The van der Waals surface area contributed by atoms with Crippen molar-refractivity contribution in [1.82, 2.24) is 5.32 Å². The van der Waals surface area contributed by atoms with E-state index >= 15 is 0 Å². The average molecular weight is 362 g/mol. The molecule has 7 heteroatoms. The molecular formula is C14H17BrFNO4. The van der Waals surface area contributed by atoms with Crippen LogP contribution in [0.3, 0.4) is 0 Å². The first-order valence-electron chi connectivity index (χ1n) is 6.27. The fourth-order valence-corrected chi connectivity index (χ4v) is 1.97. The Bertz CT molecular complexity index is 505. The third-order valence-electron chi connectivity index (χ3n) is 2.17. The van der Waals surface area contributed by atoms with Crippen LogP contribution >= 0.6 is 15.9 Å². The lowest BCUT2D eigenvalue weighted by molar-refractivity contribution is 0.0520. The second-order valence-corrected chi connectivity index (χ2v) is 6.06. The van der Waals surface area contributed by atoms with Gasteiger partial charge in [-0.1, -0.05) is 0 Å². The van der Waals surface area contributed by atoms with Crippen molar-refractivity contribution < 1.29 is 23.5 Å². The van der Waals surface area contributed by atoms with Crippen molar-refractivity contribution in [2.75, 3.05) is 13.2 Å². The normalized spacial score (nSPS) is 10.9. The van der Waals surface area contributed by atoms with Crippen LogP contribution in [0, 0.1) is 5.82 Å². The van der Waals surface area contributed by atoms with Gasteiger partial charge in [0.1, 0.15) is 18.5 Å². The molecule has 0 fully saturated rings. The summed E-state index contributed by atoms with van der Waals surface area (Å²) in [5.41, 5.74) is -0.372. The summed E-state index contributed by atoms with van der Waals surface area (Å²) in [5.74, 6) is -0.657. The molecule has 0 spiro atoms. The number of aldehydes is 1. The van der Waals surface area contributed by atoms with E-state index in [-0.39, 0.29) is 24.5 Å². The van der Waals surface area contributed by atoms with Gasteiger partial charge in [-0.05, 0) is 48.8 Å². The third-order valence-corrected chi connectivity index (χ3v) is 2.76. The summed E-state index contributed by atoms with van der Waals surface area (Å²) in [5, 5.41) is 2.49. The Balaban J connectivity index is 2.47. The highest BCUT2D eigenvalue weighted by Crippen LogP contribution is 2.29. The molecule has 1 amide bonds. The van der Waals surface area contributed by atoms with E-state index in [1.54, 1.807) is 20.8 Å². The van der Waals surface area contributed by atoms with Crippen LogP contribution in [0.2, 0.25) is 0 Å². The van der Waals surface area contributed by atoms with E-state index in [1.165, 1.54) is 6.07 Å². The predicted molar refractivity (Wildman–Crippen MR) is 79.2 cm³/mol. The van der Waals surface area contributed by atoms with Gasteiger partial charge in [0.05, 0.1) is 11.0 Å². The molecule has 0 aromatic heterocycles. The molecule has 21 heavy (non-hydrogen) atoms. The van der Waals surface area contributed by atoms with E-state index < -0.39 is 17.5 Å². The number of amides is 1. The highest BCUT2D eigenvalue weighted by atomic mass is 79.9. The molecule has 0 saturated heterocycles. The maximum Gasteiger partial charge on any atom is 0.407 e. The zero-order valence-electron chi connectivity index (χ0n) is 12.0. The lowest BCUT2D eigenvalue weighted by atomic mass is 10.2. The highest BCUT2D eigenvalue weighted by molar-refractivity contribution is 9.10. The maximum absolute atomic E-state index is 13.7. The number of carbonyl (C=O) groups is 2. The molecule has 1 rings (SSSR count). The quantitative estimate of drug-likeness (QED) is 0.645. The minimum atomic E-state index is -0.649. The Morgan fingerprint density at radius 3 is 2.62 bits per heavy atom. The molecule has 0 aliphatic carbocycles. The van der Waals surface area contributed by atoms with E-state index in [9.17, 15) is 14.0 Å². The first-order valence-corrected chi connectivity index (χ1v) is 7.06. The fourth-order valence-electron chi connectivity index (χ4n) is 1.41. The Kier molecular flexibility index (Phi) is 6.14. The average Bonchev–Trinajstić information content (AvgIpc) is 2.34. The molecule has 1 N–H and O–H groups in total. The van der Waals surface area contributed by atoms with Crippen LogP contribution in [-0.2, 0) is 4.74 Å². The van der Waals surface area contributed by atoms with E-state index in [1.807, 2.05) is 0 Å².